The maximum absolute atomic E-state index is 11.4. The summed E-state index contributed by atoms with van der Waals surface area (Å²) in [5.41, 5.74) is -0.416. The Bertz CT molecular complexity index is 727. The summed E-state index contributed by atoms with van der Waals surface area (Å²) in [6.45, 7) is -0.170. The summed E-state index contributed by atoms with van der Waals surface area (Å²) in [7, 11) is -4.17. The van der Waals surface area contributed by atoms with E-state index >= 15 is 0 Å². The van der Waals surface area contributed by atoms with Crippen molar-refractivity contribution < 1.29 is 22.6 Å². The van der Waals surface area contributed by atoms with Crippen molar-refractivity contribution >= 4 is 15.7 Å². The van der Waals surface area contributed by atoms with Crippen LogP contribution in [0.4, 0.5) is 5.69 Å². The van der Waals surface area contributed by atoms with Crippen LogP contribution >= 0.6 is 0 Å². The van der Waals surface area contributed by atoms with Gasteiger partial charge in [-0.15, -0.1) is 0 Å². The highest BCUT2D eigenvalue weighted by Crippen LogP contribution is 2.27. The number of nitrogens with two attached hydrogens (primary N) is 1. The van der Waals surface area contributed by atoms with Gasteiger partial charge in [-0.05, 0) is 6.07 Å². The summed E-state index contributed by atoms with van der Waals surface area (Å²) < 4.78 is 32.5. The highest BCUT2D eigenvalue weighted by atomic mass is 32.2. The average Bonchev–Trinajstić information content (AvgIpc) is 2.88. The lowest BCUT2D eigenvalue weighted by Gasteiger charge is -2.08. The van der Waals surface area contributed by atoms with E-state index in [1.807, 2.05) is 0 Å². The Morgan fingerprint density at radius 2 is 2.20 bits per heavy atom. The van der Waals surface area contributed by atoms with E-state index in [4.69, 9.17) is 9.88 Å². The number of rotatable bonds is 5. The van der Waals surface area contributed by atoms with Gasteiger partial charge in [0.1, 0.15) is 10.6 Å². The first-order chi connectivity index (χ1) is 9.38. The van der Waals surface area contributed by atoms with E-state index in [1.54, 1.807) is 0 Å². The minimum Gasteiger partial charge on any atom is -0.484 e. The quantitative estimate of drug-likeness (QED) is 0.607. The molecule has 0 aliphatic rings. The van der Waals surface area contributed by atoms with E-state index in [0.29, 0.717) is 0 Å². The van der Waals surface area contributed by atoms with E-state index < -0.39 is 25.5 Å². The third-order valence-electron chi connectivity index (χ3n) is 2.21. The van der Waals surface area contributed by atoms with Gasteiger partial charge >= 0.3 is 0 Å². The largest absolute Gasteiger partial charge is 0.484 e. The van der Waals surface area contributed by atoms with Gasteiger partial charge in [0.05, 0.1) is 4.92 Å². The van der Waals surface area contributed by atoms with Crippen molar-refractivity contribution in [1.82, 2.24) is 10.1 Å². The molecule has 10 nitrogen and oxygen atoms in total. The molecule has 11 heteroatoms. The zero-order valence-corrected chi connectivity index (χ0v) is 10.6. The third-order valence-corrected chi connectivity index (χ3v) is 3.14. The number of hydrogen-bond donors (Lipinski definition) is 1. The Hall–Kier alpha value is -2.53. The van der Waals surface area contributed by atoms with Crippen LogP contribution in [0.3, 0.4) is 0 Å². The SMILES string of the molecule is NS(=O)(=O)c1cc([N+](=O)[O-])ccc1OCc1ncon1. The second-order valence-electron chi connectivity index (χ2n) is 3.57. The van der Waals surface area contributed by atoms with E-state index in [0.717, 1.165) is 24.6 Å². The lowest BCUT2D eigenvalue weighted by Crippen LogP contribution is -2.14. The minimum atomic E-state index is -4.17. The standard InChI is InChI=1S/C9H8N4O6S/c10-20(16,17)8-3-6(13(14)15)1-2-7(8)18-4-9-11-5-19-12-9/h1-3,5H,4H2,(H2,10,16,17). The van der Waals surface area contributed by atoms with Crippen LogP contribution in [0.25, 0.3) is 0 Å². The molecule has 2 N–H and O–H groups in total. The summed E-state index contributed by atoms with van der Waals surface area (Å²) in [5.74, 6) is 0.0478. The third kappa shape index (κ3) is 3.07. The fourth-order valence-corrected chi connectivity index (χ4v) is 2.04. The topological polar surface area (TPSA) is 151 Å². The Labute approximate surface area is 112 Å². The molecule has 0 unspecified atom stereocenters. The average molecular weight is 300 g/mol. The lowest BCUT2D eigenvalue weighted by atomic mass is 10.3. The van der Waals surface area contributed by atoms with Gasteiger partial charge in [-0.1, -0.05) is 5.16 Å². The van der Waals surface area contributed by atoms with Crippen LogP contribution < -0.4 is 9.88 Å². The van der Waals surface area contributed by atoms with Crippen LogP contribution in [0, 0.1) is 10.1 Å². The first-order valence-corrected chi connectivity index (χ1v) is 6.62. The van der Waals surface area contributed by atoms with Gasteiger partial charge in [-0.25, -0.2) is 13.6 Å². The fourth-order valence-electron chi connectivity index (χ4n) is 1.35. The molecule has 2 aromatic rings. The highest BCUT2D eigenvalue weighted by Gasteiger charge is 2.20. The number of hydrogen-bond acceptors (Lipinski definition) is 8. The van der Waals surface area contributed by atoms with Gasteiger partial charge in [0.25, 0.3) is 5.69 Å². The zero-order chi connectivity index (χ0) is 14.8. The summed E-state index contributed by atoms with van der Waals surface area (Å²) >= 11 is 0. The van der Waals surface area contributed by atoms with Gasteiger partial charge in [-0.3, -0.25) is 10.1 Å². The van der Waals surface area contributed by atoms with Gasteiger partial charge < -0.3 is 9.26 Å². The second kappa shape index (κ2) is 5.22. The smallest absolute Gasteiger partial charge is 0.271 e. The molecule has 0 aliphatic heterocycles. The Kier molecular flexibility index (Phi) is 3.63. The van der Waals surface area contributed by atoms with Crippen molar-refractivity contribution in [1.29, 1.82) is 0 Å². The minimum absolute atomic E-state index is 0.136. The number of nitro benzene ring substituents is 1. The molecule has 1 heterocycles. The van der Waals surface area contributed by atoms with Crippen molar-refractivity contribution in [3.05, 3.63) is 40.5 Å². The molecular weight excluding hydrogens is 292 g/mol. The maximum atomic E-state index is 11.4. The molecule has 0 aliphatic carbocycles. The normalized spacial score (nSPS) is 11.2. The predicted molar refractivity (Wildman–Crippen MR) is 63.1 cm³/mol. The van der Waals surface area contributed by atoms with Crippen molar-refractivity contribution in [2.75, 3.05) is 0 Å². The molecule has 1 aromatic carbocycles. The van der Waals surface area contributed by atoms with Crippen LogP contribution in [0.2, 0.25) is 0 Å². The fraction of sp³-hybridized carbons (Fsp3) is 0.111. The molecule has 0 radical (unpaired) electrons. The number of nitrogens with zero attached hydrogens (tertiary/aromatic N) is 3. The van der Waals surface area contributed by atoms with Crippen LogP contribution in [0.1, 0.15) is 5.82 Å². The Morgan fingerprint density at radius 1 is 1.45 bits per heavy atom. The first-order valence-electron chi connectivity index (χ1n) is 5.07. The Balaban J connectivity index is 2.34. The van der Waals surface area contributed by atoms with Crippen molar-refractivity contribution in [2.45, 2.75) is 11.5 Å². The number of benzene rings is 1. The highest BCUT2D eigenvalue weighted by molar-refractivity contribution is 7.89. The van der Waals surface area contributed by atoms with Gasteiger partial charge in [0.2, 0.25) is 22.2 Å². The molecule has 0 saturated carbocycles. The van der Waals surface area contributed by atoms with Crippen molar-refractivity contribution in [2.24, 2.45) is 5.14 Å². The summed E-state index contributed by atoms with van der Waals surface area (Å²) in [4.78, 5) is 13.1. The molecular formula is C9H8N4O6S. The number of sulfonamides is 1. The Morgan fingerprint density at radius 3 is 2.75 bits per heavy atom. The molecule has 0 atom stereocenters. The number of nitro groups is 1. The molecule has 0 fully saturated rings. The molecule has 2 rings (SSSR count). The summed E-state index contributed by atoms with van der Waals surface area (Å²) in [6, 6.07) is 3.05. The maximum Gasteiger partial charge on any atom is 0.271 e. The summed E-state index contributed by atoms with van der Waals surface area (Å²) in [5, 5.41) is 19.1. The van der Waals surface area contributed by atoms with Crippen LogP contribution in [-0.4, -0.2) is 23.5 Å². The monoisotopic (exact) mass is 300 g/mol. The number of aromatic nitrogens is 2. The molecule has 0 amide bonds. The van der Waals surface area contributed by atoms with E-state index in [-0.39, 0.29) is 18.2 Å². The van der Waals surface area contributed by atoms with Crippen LogP contribution in [0.15, 0.2) is 34.0 Å². The summed E-state index contributed by atoms with van der Waals surface area (Å²) in [6.07, 6.45) is 1.08. The van der Waals surface area contributed by atoms with Crippen molar-refractivity contribution in [3.8, 4) is 5.75 Å². The van der Waals surface area contributed by atoms with E-state index in [1.165, 1.54) is 0 Å². The number of non-ortho nitro benzene ring substituents is 1. The second-order valence-corrected chi connectivity index (χ2v) is 5.10. The molecule has 106 valence electrons. The van der Waals surface area contributed by atoms with Gasteiger partial charge in [-0.2, -0.15) is 4.98 Å². The van der Waals surface area contributed by atoms with E-state index in [9.17, 15) is 18.5 Å². The van der Waals surface area contributed by atoms with Gasteiger partial charge in [0, 0.05) is 12.1 Å². The predicted octanol–water partition coefficient (Wildman–Crippen LogP) is 0.204. The molecule has 1 aromatic heterocycles. The van der Waals surface area contributed by atoms with E-state index in [2.05, 4.69) is 14.7 Å². The molecule has 20 heavy (non-hydrogen) atoms. The number of primary sulfonamides is 1. The van der Waals surface area contributed by atoms with Gasteiger partial charge in [0.15, 0.2) is 6.61 Å². The first kappa shape index (κ1) is 13.9. The lowest BCUT2D eigenvalue weighted by molar-refractivity contribution is -0.385. The zero-order valence-electron chi connectivity index (χ0n) is 9.79. The molecule has 0 spiro atoms. The molecule has 0 saturated heterocycles. The van der Waals surface area contributed by atoms with Crippen LogP contribution in [0.5, 0.6) is 5.75 Å². The number of ether oxygens (including phenoxy) is 1. The van der Waals surface area contributed by atoms with Crippen LogP contribution in [-0.2, 0) is 16.6 Å². The molecule has 0 bridgehead atoms. The van der Waals surface area contributed by atoms with Crippen molar-refractivity contribution in [3.63, 3.8) is 0 Å².